The van der Waals surface area contributed by atoms with Crippen molar-refractivity contribution >= 4 is 27.7 Å². The number of aryl methyl sites for hydroxylation is 2. The standard InChI is InChI=1S/C31H31N3O3/c1-20-30(21(2)37-32-20)23-9-11-26-27-17-24(31(35)33-15-13-25(36-3)14-16-33)10-12-28(27)34(29(26)18-23)19-22-7-5-4-6-8-22/h4-12,17-18,25H,13-16,19H2,1-3H3. The van der Waals surface area contributed by atoms with Crippen molar-refractivity contribution in [1.29, 1.82) is 0 Å². The van der Waals surface area contributed by atoms with Gasteiger partial charge in [0.25, 0.3) is 5.91 Å². The summed E-state index contributed by atoms with van der Waals surface area (Å²) in [4.78, 5) is 15.4. The molecule has 1 aliphatic heterocycles. The largest absolute Gasteiger partial charge is 0.381 e. The second kappa shape index (κ2) is 9.52. The number of likely N-dealkylation sites (tertiary alicyclic amines) is 1. The predicted octanol–water partition coefficient (Wildman–Crippen LogP) is 6.37. The van der Waals surface area contributed by atoms with Gasteiger partial charge in [-0.25, -0.2) is 0 Å². The van der Waals surface area contributed by atoms with Crippen LogP contribution in [0.2, 0.25) is 0 Å². The minimum Gasteiger partial charge on any atom is -0.381 e. The monoisotopic (exact) mass is 493 g/mol. The third kappa shape index (κ3) is 4.21. The van der Waals surface area contributed by atoms with Gasteiger partial charge in [-0.2, -0.15) is 0 Å². The molecule has 6 heteroatoms. The molecule has 1 amide bonds. The van der Waals surface area contributed by atoms with Crippen molar-refractivity contribution in [1.82, 2.24) is 14.6 Å². The number of aromatic nitrogens is 2. The first-order chi connectivity index (χ1) is 18.0. The summed E-state index contributed by atoms with van der Waals surface area (Å²) in [5.74, 6) is 0.903. The normalized spacial score (nSPS) is 14.6. The molecule has 0 unspecified atom stereocenters. The van der Waals surface area contributed by atoms with E-state index in [-0.39, 0.29) is 12.0 Å². The van der Waals surface area contributed by atoms with Crippen LogP contribution in [0.4, 0.5) is 0 Å². The van der Waals surface area contributed by atoms with Crippen LogP contribution in [0.25, 0.3) is 32.9 Å². The number of methoxy groups -OCH3 is 1. The Hall–Kier alpha value is -3.90. The van der Waals surface area contributed by atoms with E-state index in [0.717, 1.165) is 82.4 Å². The second-order valence-corrected chi connectivity index (χ2v) is 9.96. The first-order valence-corrected chi connectivity index (χ1v) is 12.9. The van der Waals surface area contributed by atoms with Crippen molar-refractivity contribution in [3.05, 3.63) is 89.3 Å². The first-order valence-electron chi connectivity index (χ1n) is 12.9. The molecule has 0 radical (unpaired) electrons. The number of piperidine rings is 1. The van der Waals surface area contributed by atoms with Gasteiger partial charge >= 0.3 is 0 Å². The van der Waals surface area contributed by atoms with Gasteiger partial charge in [0, 0.05) is 54.2 Å². The van der Waals surface area contributed by atoms with Crippen LogP contribution in [0.5, 0.6) is 0 Å². The number of hydrogen-bond donors (Lipinski definition) is 0. The lowest BCUT2D eigenvalue weighted by Gasteiger charge is -2.31. The molecule has 0 spiro atoms. The summed E-state index contributed by atoms with van der Waals surface area (Å²) >= 11 is 0. The maximum atomic E-state index is 13.4. The van der Waals surface area contributed by atoms with Crippen LogP contribution in [0.3, 0.4) is 0 Å². The minimum atomic E-state index is 0.0905. The van der Waals surface area contributed by atoms with E-state index in [4.69, 9.17) is 9.26 Å². The van der Waals surface area contributed by atoms with Gasteiger partial charge in [-0.3, -0.25) is 4.79 Å². The zero-order valence-electron chi connectivity index (χ0n) is 21.5. The molecule has 0 N–H and O–H groups in total. The minimum absolute atomic E-state index is 0.0905. The molecule has 37 heavy (non-hydrogen) atoms. The Morgan fingerprint density at radius 2 is 1.76 bits per heavy atom. The molecule has 3 heterocycles. The van der Waals surface area contributed by atoms with Gasteiger partial charge in [0.15, 0.2) is 0 Å². The van der Waals surface area contributed by atoms with E-state index in [1.807, 2.05) is 30.9 Å². The molecule has 0 bridgehead atoms. The molecule has 2 aromatic heterocycles. The number of amides is 1. The Bertz CT molecular complexity index is 1570. The smallest absolute Gasteiger partial charge is 0.253 e. The summed E-state index contributed by atoms with van der Waals surface area (Å²) in [5, 5.41) is 6.38. The van der Waals surface area contributed by atoms with Crippen LogP contribution in [-0.4, -0.2) is 46.8 Å². The molecular formula is C31H31N3O3. The molecule has 5 aromatic rings. The highest BCUT2D eigenvalue weighted by Gasteiger charge is 2.24. The fourth-order valence-corrected chi connectivity index (χ4v) is 5.70. The van der Waals surface area contributed by atoms with Crippen LogP contribution >= 0.6 is 0 Å². The number of ether oxygens (including phenoxy) is 1. The highest BCUT2D eigenvalue weighted by molar-refractivity contribution is 6.11. The third-order valence-corrected chi connectivity index (χ3v) is 7.68. The molecule has 1 aliphatic rings. The van der Waals surface area contributed by atoms with Crippen LogP contribution in [0.15, 0.2) is 71.3 Å². The average Bonchev–Trinajstić information content (AvgIpc) is 3.44. The quantitative estimate of drug-likeness (QED) is 0.286. The van der Waals surface area contributed by atoms with E-state index in [9.17, 15) is 4.79 Å². The summed E-state index contributed by atoms with van der Waals surface area (Å²) < 4.78 is 13.3. The van der Waals surface area contributed by atoms with Gasteiger partial charge in [0.1, 0.15) is 5.76 Å². The van der Waals surface area contributed by atoms with Gasteiger partial charge < -0.3 is 18.7 Å². The lowest BCUT2D eigenvalue weighted by Crippen LogP contribution is -2.40. The molecule has 0 saturated carbocycles. The number of benzene rings is 3. The number of carbonyl (C=O) groups is 1. The predicted molar refractivity (Wildman–Crippen MR) is 146 cm³/mol. The molecule has 1 saturated heterocycles. The molecule has 0 atom stereocenters. The summed E-state index contributed by atoms with van der Waals surface area (Å²) in [6.07, 6.45) is 2.01. The highest BCUT2D eigenvalue weighted by Crippen LogP contribution is 2.35. The summed E-state index contributed by atoms with van der Waals surface area (Å²) in [5.41, 5.74) is 7.20. The molecule has 3 aromatic carbocycles. The third-order valence-electron chi connectivity index (χ3n) is 7.68. The van der Waals surface area contributed by atoms with Crippen molar-refractivity contribution in [2.75, 3.05) is 20.2 Å². The summed E-state index contributed by atoms with van der Waals surface area (Å²) in [6.45, 7) is 6.12. The Morgan fingerprint density at radius 3 is 2.46 bits per heavy atom. The van der Waals surface area contributed by atoms with Gasteiger partial charge in [0.05, 0.1) is 17.3 Å². The maximum Gasteiger partial charge on any atom is 0.253 e. The van der Waals surface area contributed by atoms with Crippen molar-refractivity contribution in [2.45, 2.75) is 39.3 Å². The number of fused-ring (bicyclic) bond motifs is 3. The zero-order valence-corrected chi connectivity index (χ0v) is 21.5. The summed E-state index contributed by atoms with van der Waals surface area (Å²) in [6, 6.07) is 23.1. The van der Waals surface area contributed by atoms with Crippen LogP contribution in [0, 0.1) is 13.8 Å². The van der Waals surface area contributed by atoms with Crippen molar-refractivity contribution in [3.63, 3.8) is 0 Å². The van der Waals surface area contributed by atoms with Gasteiger partial charge in [-0.1, -0.05) is 47.6 Å². The van der Waals surface area contributed by atoms with E-state index >= 15 is 0 Å². The van der Waals surface area contributed by atoms with Gasteiger partial charge in [-0.15, -0.1) is 0 Å². The molecule has 1 fully saturated rings. The lowest BCUT2D eigenvalue weighted by molar-refractivity contribution is 0.0351. The summed E-state index contributed by atoms with van der Waals surface area (Å²) in [7, 11) is 1.75. The first kappa shape index (κ1) is 23.5. The van der Waals surface area contributed by atoms with Crippen LogP contribution in [-0.2, 0) is 11.3 Å². The van der Waals surface area contributed by atoms with Crippen LogP contribution < -0.4 is 0 Å². The van der Waals surface area contributed by atoms with Gasteiger partial charge in [-0.05, 0) is 62.1 Å². The molecular weight excluding hydrogens is 462 g/mol. The van der Waals surface area contributed by atoms with E-state index < -0.39 is 0 Å². The second-order valence-electron chi connectivity index (χ2n) is 9.96. The Labute approximate surface area is 216 Å². The van der Waals surface area contributed by atoms with Crippen molar-refractivity contribution in [3.8, 4) is 11.1 Å². The van der Waals surface area contributed by atoms with Crippen molar-refractivity contribution < 1.29 is 14.1 Å². The fourth-order valence-electron chi connectivity index (χ4n) is 5.70. The number of hydrogen-bond acceptors (Lipinski definition) is 4. The van der Waals surface area contributed by atoms with E-state index in [2.05, 4.69) is 64.3 Å². The molecule has 6 rings (SSSR count). The average molecular weight is 494 g/mol. The molecule has 6 nitrogen and oxygen atoms in total. The molecule has 188 valence electrons. The number of carbonyl (C=O) groups excluding carboxylic acids is 1. The fraction of sp³-hybridized carbons (Fsp3) is 0.290. The molecule has 0 aliphatic carbocycles. The van der Waals surface area contributed by atoms with E-state index in [1.165, 1.54) is 5.56 Å². The van der Waals surface area contributed by atoms with Gasteiger partial charge in [0.2, 0.25) is 0 Å². The Morgan fingerprint density at radius 1 is 0.973 bits per heavy atom. The SMILES string of the molecule is COC1CCN(C(=O)c2ccc3c(c2)c2ccc(-c4c(C)noc4C)cc2n3Cc2ccccc2)CC1. The van der Waals surface area contributed by atoms with Crippen molar-refractivity contribution in [2.24, 2.45) is 0 Å². The van der Waals surface area contributed by atoms with E-state index in [0.29, 0.717) is 0 Å². The maximum absolute atomic E-state index is 13.4. The number of nitrogens with zero attached hydrogens (tertiary/aromatic N) is 3. The lowest BCUT2D eigenvalue weighted by atomic mass is 10.0. The Kier molecular flexibility index (Phi) is 6.05. The highest BCUT2D eigenvalue weighted by atomic mass is 16.5. The van der Waals surface area contributed by atoms with E-state index in [1.54, 1.807) is 7.11 Å². The topological polar surface area (TPSA) is 60.5 Å². The zero-order chi connectivity index (χ0) is 25.5. The van der Waals surface area contributed by atoms with Crippen LogP contribution in [0.1, 0.15) is 40.2 Å². The number of rotatable bonds is 5. The Balaban J connectivity index is 1.47.